The van der Waals surface area contributed by atoms with Gasteiger partial charge in [-0.05, 0) is 42.0 Å². The highest BCUT2D eigenvalue weighted by Crippen LogP contribution is 2.25. The van der Waals surface area contributed by atoms with Gasteiger partial charge < -0.3 is 10.1 Å². The molecule has 2 aromatic heterocycles. The Balaban J connectivity index is 1.30. The minimum Gasteiger partial charge on any atom is -0.489 e. The van der Waals surface area contributed by atoms with Crippen molar-refractivity contribution in [2.45, 2.75) is 6.61 Å². The molecule has 0 bridgehead atoms. The minimum atomic E-state index is -0.389. The van der Waals surface area contributed by atoms with Crippen molar-refractivity contribution in [1.82, 2.24) is 15.2 Å². The molecule has 0 atom stereocenters. The molecule has 0 fully saturated rings. The highest BCUT2D eigenvalue weighted by Gasteiger charge is 2.10. The van der Waals surface area contributed by atoms with E-state index in [-0.39, 0.29) is 6.03 Å². The van der Waals surface area contributed by atoms with Crippen molar-refractivity contribution in [1.29, 1.82) is 0 Å². The molecule has 2 N–H and O–H groups in total. The molecule has 0 saturated heterocycles. The molecular weight excluding hydrogens is 386 g/mol. The Hall–Kier alpha value is -3.78. The summed E-state index contributed by atoms with van der Waals surface area (Å²) >= 11 is 1.29. The minimum absolute atomic E-state index is 0.389. The number of hydrogen-bond donors (Lipinski definition) is 2. The summed E-state index contributed by atoms with van der Waals surface area (Å²) in [6, 6.07) is 20.4. The van der Waals surface area contributed by atoms with E-state index in [0.29, 0.717) is 22.4 Å². The summed E-state index contributed by atoms with van der Waals surface area (Å²) in [4.78, 5) is 16.2. The van der Waals surface area contributed by atoms with Crippen molar-refractivity contribution in [3.63, 3.8) is 0 Å². The first-order valence-electron chi connectivity index (χ1n) is 8.85. The lowest BCUT2D eigenvalue weighted by Crippen LogP contribution is -2.19. The second-order valence-electron chi connectivity index (χ2n) is 6.03. The lowest BCUT2D eigenvalue weighted by molar-refractivity contribution is 0.262. The molecule has 0 aliphatic carbocycles. The molecule has 0 spiro atoms. The third-order valence-electron chi connectivity index (χ3n) is 3.93. The summed E-state index contributed by atoms with van der Waals surface area (Å²) in [5.74, 6) is 0.728. The highest BCUT2D eigenvalue weighted by atomic mass is 32.1. The normalized spacial score (nSPS) is 10.3. The standard InChI is InChI=1S/C21H17N5O2S/c27-20(24-21-26-25-19(29-21)16-10-12-22-13-11-16)23-17-6-8-18(9-7-17)28-14-15-4-2-1-3-5-15/h1-13H,14H2,(H2,23,24,26,27). The van der Waals surface area contributed by atoms with Crippen LogP contribution in [0.1, 0.15) is 5.56 Å². The lowest BCUT2D eigenvalue weighted by Gasteiger charge is -2.08. The van der Waals surface area contributed by atoms with Crippen LogP contribution in [0, 0.1) is 0 Å². The zero-order valence-electron chi connectivity index (χ0n) is 15.3. The number of rotatable bonds is 6. The van der Waals surface area contributed by atoms with Gasteiger partial charge in [0.1, 0.15) is 17.4 Å². The van der Waals surface area contributed by atoms with E-state index in [4.69, 9.17) is 4.74 Å². The molecule has 2 aromatic carbocycles. The number of hydrogen-bond acceptors (Lipinski definition) is 6. The number of anilines is 2. The summed E-state index contributed by atoms with van der Waals surface area (Å²) in [5, 5.41) is 14.7. The van der Waals surface area contributed by atoms with Gasteiger partial charge in [-0.15, -0.1) is 10.2 Å². The Morgan fingerprint density at radius 3 is 2.41 bits per heavy atom. The predicted molar refractivity (Wildman–Crippen MR) is 113 cm³/mol. The maximum atomic E-state index is 12.2. The monoisotopic (exact) mass is 403 g/mol. The fourth-order valence-electron chi connectivity index (χ4n) is 2.52. The Labute approximate surface area is 171 Å². The van der Waals surface area contributed by atoms with E-state index < -0.39 is 0 Å². The van der Waals surface area contributed by atoms with E-state index in [2.05, 4.69) is 25.8 Å². The van der Waals surface area contributed by atoms with Gasteiger partial charge in [-0.3, -0.25) is 10.3 Å². The van der Waals surface area contributed by atoms with Crippen molar-refractivity contribution in [2.24, 2.45) is 0 Å². The Morgan fingerprint density at radius 1 is 0.897 bits per heavy atom. The van der Waals surface area contributed by atoms with Crippen LogP contribution < -0.4 is 15.4 Å². The Bertz CT molecular complexity index is 1070. The molecule has 2 amide bonds. The van der Waals surface area contributed by atoms with Gasteiger partial charge in [0.15, 0.2) is 0 Å². The van der Waals surface area contributed by atoms with Crippen LogP contribution >= 0.6 is 11.3 Å². The van der Waals surface area contributed by atoms with Gasteiger partial charge in [-0.2, -0.15) is 0 Å². The van der Waals surface area contributed by atoms with E-state index >= 15 is 0 Å². The first-order chi connectivity index (χ1) is 14.3. The van der Waals surface area contributed by atoms with Crippen LogP contribution in [0.15, 0.2) is 79.1 Å². The maximum Gasteiger partial charge on any atom is 0.325 e. The largest absolute Gasteiger partial charge is 0.489 e. The maximum absolute atomic E-state index is 12.2. The van der Waals surface area contributed by atoms with Crippen LogP contribution in [-0.2, 0) is 6.61 Å². The molecule has 0 aliphatic rings. The van der Waals surface area contributed by atoms with Crippen molar-refractivity contribution < 1.29 is 9.53 Å². The quantitative estimate of drug-likeness (QED) is 0.482. The lowest BCUT2D eigenvalue weighted by atomic mass is 10.2. The molecule has 0 aliphatic heterocycles. The van der Waals surface area contributed by atoms with Gasteiger partial charge in [0.2, 0.25) is 5.13 Å². The Kier molecular flexibility index (Phi) is 5.73. The summed E-state index contributed by atoms with van der Waals surface area (Å²) in [7, 11) is 0. The van der Waals surface area contributed by atoms with Crippen LogP contribution in [0.3, 0.4) is 0 Å². The fraction of sp³-hybridized carbons (Fsp3) is 0.0476. The summed E-state index contributed by atoms with van der Waals surface area (Å²) in [6.07, 6.45) is 3.37. The number of carbonyl (C=O) groups excluding carboxylic acids is 1. The van der Waals surface area contributed by atoms with Crippen molar-refractivity contribution in [3.05, 3.63) is 84.7 Å². The molecule has 29 heavy (non-hydrogen) atoms. The van der Waals surface area contributed by atoms with Crippen LogP contribution in [0.25, 0.3) is 10.6 Å². The smallest absolute Gasteiger partial charge is 0.325 e. The third kappa shape index (κ3) is 5.14. The van der Waals surface area contributed by atoms with Gasteiger partial charge in [0.25, 0.3) is 0 Å². The molecular formula is C21H17N5O2S. The second kappa shape index (κ2) is 8.94. The van der Waals surface area contributed by atoms with Crippen molar-refractivity contribution in [3.8, 4) is 16.3 Å². The number of urea groups is 1. The first-order valence-corrected chi connectivity index (χ1v) is 9.66. The average Bonchev–Trinajstić information content (AvgIpc) is 3.23. The van der Waals surface area contributed by atoms with Gasteiger partial charge >= 0.3 is 6.03 Å². The number of nitrogens with zero attached hydrogens (tertiary/aromatic N) is 3. The van der Waals surface area contributed by atoms with E-state index in [1.165, 1.54) is 11.3 Å². The van der Waals surface area contributed by atoms with E-state index in [9.17, 15) is 4.79 Å². The number of carbonyl (C=O) groups is 1. The summed E-state index contributed by atoms with van der Waals surface area (Å²) < 4.78 is 5.74. The van der Waals surface area contributed by atoms with Gasteiger partial charge in [-0.25, -0.2) is 4.79 Å². The molecule has 0 saturated carbocycles. The molecule has 7 nitrogen and oxygen atoms in total. The number of amides is 2. The van der Waals surface area contributed by atoms with Crippen molar-refractivity contribution >= 4 is 28.2 Å². The van der Waals surface area contributed by atoms with Crippen LogP contribution in [0.5, 0.6) is 5.75 Å². The van der Waals surface area contributed by atoms with Crippen LogP contribution in [0.4, 0.5) is 15.6 Å². The molecule has 0 unspecified atom stereocenters. The number of nitrogens with one attached hydrogen (secondary N) is 2. The topological polar surface area (TPSA) is 89.0 Å². The predicted octanol–water partition coefficient (Wildman–Crippen LogP) is 4.82. The number of pyridine rings is 1. The number of aromatic nitrogens is 3. The molecule has 4 rings (SSSR count). The Morgan fingerprint density at radius 2 is 1.66 bits per heavy atom. The summed E-state index contributed by atoms with van der Waals surface area (Å²) in [6.45, 7) is 0.491. The summed E-state index contributed by atoms with van der Waals surface area (Å²) in [5.41, 5.74) is 2.64. The average molecular weight is 403 g/mol. The highest BCUT2D eigenvalue weighted by molar-refractivity contribution is 7.18. The number of benzene rings is 2. The van der Waals surface area contributed by atoms with Crippen LogP contribution in [-0.4, -0.2) is 21.2 Å². The second-order valence-corrected chi connectivity index (χ2v) is 7.00. The van der Waals surface area contributed by atoms with Gasteiger partial charge in [-0.1, -0.05) is 41.7 Å². The molecule has 4 aromatic rings. The zero-order chi connectivity index (χ0) is 19.9. The molecule has 2 heterocycles. The first kappa shape index (κ1) is 18.6. The van der Waals surface area contributed by atoms with E-state index in [1.807, 2.05) is 54.6 Å². The zero-order valence-corrected chi connectivity index (χ0v) is 16.1. The fourth-order valence-corrected chi connectivity index (χ4v) is 3.26. The van der Waals surface area contributed by atoms with Crippen LogP contribution in [0.2, 0.25) is 0 Å². The molecule has 144 valence electrons. The SMILES string of the molecule is O=C(Nc1ccc(OCc2ccccc2)cc1)Nc1nnc(-c2ccncc2)s1. The van der Waals surface area contributed by atoms with E-state index in [0.717, 1.165) is 16.9 Å². The number of ether oxygens (including phenoxy) is 1. The van der Waals surface area contributed by atoms with Gasteiger partial charge in [0.05, 0.1) is 0 Å². The third-order valence-corrected chi connectivity index (χ3v) is 4.82. The van der Waals surface area contributed by atoms with Gasteiger partial charge in [0, 0.05) is 23.6 Å². The van der Waals surface area contributed by atoms with Crippen molar-refractivity contribution in [2.75, 3.05) is 10.6 Å². The van der Waals surface area contributed by atoms with E-state index in [1.54, 1.807) is 24.5 Å². The molecule has 8 heteroatoms. The molecule has 0 radical (unpaired) electrons.